The zero-order valence-corrected chi connectivity index (χ0v) is 5.61. The van der Waals surface area contributed by atoms with Crippen molar-refractivity contribution in [3.8, 4) is 0 Å². The maximum absolute atomic E-state index is 5.35. The van der Waals surface area contributed by atoms with Gasteiger partial charge in [-0.3, -0.25) is 0 Å². The first-order chi connectivity index (χ1) is 3.77. The smallest absolute Gasteiger partial charge is 0.0845 e. The molecule has 0 saturated carbocycles. The van der Waals surface area contributed by atoms with E-state index < -0.39 is 0 Å². The lowest BCUT2D eigenvalue weighted by Gasteiger charge is -1.89. The first-order valence-corrected chi connectivity index (χ1v) is 2.77. The molecule has 0 amide bonds. The van der Waals surface area contributed by atoms with Gasteiger partial charge in [-0.15, -0.1) is 0 Å². The van der Waals surface area contributed by atoms with E-state index in [1.54, 1.807) is 6.08 Å². The second-order valence-electron chi connectivity index (χ2n) is 1.20. The second kappa shape index (κ2) is 4.72. The Kier molecular flexibility index (Phi) is 4.47. The summed E-state index contributed by atoms with van der Waals surface area (Å²) in [6, 6.07) is 0. The van der Waals surface area contributed by atoms with Gasteiger partial charge in [0.25, 0.3) is 0 Å². The molecule has 0 fully saturated rings. The molecule has 2 heteroatoms. The highest BCUT2D eigenvalue weighted by Crippen LogP contribution is 1.96. The van der Waals surface area contributed by atoms with E-state index in [9.17, 15) is 0 Å². The molecule has 0 heterocycles. The highest BCUT2D eigenvalue weighted by molar-refractivity contribution is 6.30. The first kappa shape index (κ1) is 7.57. The Labute approximate surface area is 54.6 Å². The lowest BCUT2D eigenvalue weighted by molar-refractivity contribution is 0.269. The summed E-state index contributed by atoms with van der Waals surface area (Å²) in [5, 5.41) is 0.485. The number of allylic oxidation sites excluding steroid dienone is 2. The van der Waals surface area contributed by atoms with Crippen LogP contribution in [0.5, 0.6) is 0 Å². The van der Waals surface area contributed by atoms with Crippen LogP contribution in [0.4, 0.5) is 0 Å². The maximum Gasteiger partial charge on any atom is 0.0845 e. The van der Waals surface area contributed by atoms with Crippen molar-refractivity contribution >= 4 is 11.6 Å². The topological polar surface area (TPSA) is 9.23 Å². The monoisotopic (exact) mass is 132 g/mol. The lowest BCUT2D eigenvalue weighted by Crippen LogP contribution is -1.75. The molecule has 0 atom stereocenters. The highest BCUT2D eigenvalue weighted by atomic mass is 35.5. The maximum atomic E-state index is 5.35. The molecule has 0 aromatic rings. The molecule has 1 nitrogen and oxygen atoms in total. The van der Waals surface area contributed by atoms with Crippen molar-refractivity contribution in [2.24, 2.45) is 0 Å². The summed E-state index contributed by atoms with van der Waals surface area (Å²) in [6.45, 7) is 6.00. The van der Waals surface area contributed by atoms with Crippen molar-refractivity contribution in [2.75, 3.05) is 6.61 Å². The molecule has 0 aliphatic carbocycles. The van der Waals surface area contributed by atoms with Crippen LogP contribution in [0.15, 0.2) is 23.9 Å². The minimum atomic E-state index is 0.485. The molecule has 0 aromatic heterocycles. The minimum Gasteiger partial charge on any atom is -0.501 e. The number of ether oxygens (including phenoxy) is 1. The summed E-state index contributed by atoms with van der Waals surface area (Å²) in [6.07, 6.45) is 3.13. The summed E-state index contributed by atoms with van der Waals surface area (Å²) in [5.41, 5.74) is 0. The van der Waals surface area contributed by atoms with E-state index in [0.717, 1.165) is 0 Å². The zero-order chi connectivity index (χ0) is 6.41. The first-order valence-electron chi connectivity index (χ1n) is 2.40. The van der Waals surface area contributed by atoms with Gasteiger partial charge in [-0.05, 0) is 13.0 Å². The molecule has 0 aromatic carbocycles. The van der Waals surface area contributed by atoms with E-state index in [0.29, 0.717) is 11.6 Å². The fourth-order valence-corrected chi connectivity index (χ4v) is 0.270. The molecule has 0 aliphatic heterocycles. The molecular formula is C6H9ClO. The standard InChI is InChI=1S/C6H9ClO/c1-3-8-5-4-6(2)7/h4-5H,2-3H2,1H3/b5-4+. The van der Waals surface area contributed by atoms with Crippen molar-refractivity contribution in [1.29, 1.82) is 0 Å². The fraction of sp³-hybridized carbons (Fsp3) is 0.333. The van der Waals surface area contributed by atoms with Crippen molar-refractivity contribution in [3.05, 3.63) is 23.9 Å². The van der Waals surface area contributed by atoms with E-state index in [1.807, 2.05) is 6.92 Å². The Morgan fingerprint density at radius 2 is 2.50 bits per heavy atom. The Balaban J connectivity index is 3.20. The van der Waals surface area contributed by atoms with Crippen LogP contribution in [0.25, 0.3) is 0 Å². The number of halogens is 1. The van der Waals surface area contributed by atoms with Gasteiger partial charge in [-0.25, -0.2) is 0 Å². The Hall–Kier alpha value is -0.430. The van der Waals surface area contributed by atoms with Crippen LogP contribution in [0.1, 0.15) is 6.92 Å². The molecule has 0 N–H and O–H groups in total. The number of hydrogen-bond acceptors (Lipinski definition) is 1. The fourth-order valence-electron chi connectivity index (χ4n) is 0.218. The Morgan fingerprint density at radius 3 is 2.88 bits per heavy atom. The van der Waals surface area contributed by atoms with Crippen LogP contribution in [0, 0.1) is 0 Å². The third kappa shape index (κ3) is 5.57. The van der Waals surface area contributed by atoms with E-state index in [4.69, 9.17) is 16.3 Å². The minimum absolute atomic E-state index is 0.485. The predicted octanol–water partition coefficient (Wildman–Crippen LogP) is 2.29. The third-order valence-electron chi connectivity index (χ3n) is 0.512. The summed E-state index contributed by atoms with van der Waals surface area (Å²) < 4.78 is 4.82. The van der Waals surface area contributed by atoms with E-state index in [-0.39, 0.29) is 0 Å². The predicted molar refractivity (Wildman–Crippen MR) is 35.8 cm³/mol. The number of hydrogen-bond donors (Lipinski definition) is 0. The Morgan fingerprint density at radius 1 is 1.88 bits per heavy atom. The molecule has 0 aliphatic rings. The molecule has 0 spiro atoms. The van der Waals surface area contributed by atoms with Gasteiger partial charge in [0.2, 0.25) is 0 Å². The van der Waals surface area contributed by atoms with Crippen molar-refractivity contribution in [2.45, 2.75) is 6.92 Å². The Bertz CT molecular complexity index is 96.7. The number of rotatable bonds is 3. The van der Waals surface area contributed by atoms with Crippen LogP contribution in [0.3, 0.4) is 0 Å². The van der Waals surface area contributed by atoms with Crippen LogP contribution >= 0.6 is 11.6 Å². The molecule has 0 saturated heterocycles. The quantitative estimate of drug-likeness (QED) is 0.423. The van der Waals surface area contributed by atoms with E-state index >= 15 is 0 Å². The van der Waals surface area contributed by atoms with Gasteiger partial charge in [0, 0.05) is 5.03 Å². The van der Waals surface area contributed by atoms with Crippen molar-refractivity contribution < 1.29 is 4.74 Å². The SMILES string of the molecule is C=C(Cl)/C=C/OCC. The molecule has 0 bridgehead atoms. The summed E-state index contributed by atoms with van der Waals surface area (Å²) in [5.74, 6) is 0. The van der Waals surface area contributed by atoms with Gasteiger partial charge in [-0.1, -0.05) is 18.2 Å². The molecular weight excluding hydrogens is 124 g/mol. The van der Waals surface area contributed by atoms with Crippen LogP contribution < -0.4 is 0 Å². The largest absolute Gasteiger partial charge is 0.501 e. The van der Waals surface area contributed by atoms with Gasteiger partial charge in [0.15, 0.2) is 0 Å². The summed E-state index contributed by atoms with van der Waals surface area (Å²) in [4.78, 5) is 0. The lowest BCUT2D eigenvalue weighted by atomic mass is 10.6. The molecule has 0 rings (SSSR count). The summed E-state index contributed by atoms with van der Waals surface area (Å²) in [7, 11) is 0. The van der Waals surface area contributed by atoms with Gasteiger partial charge in [0.1, 0.15) is 0 Å². The molecule has 46 valence electrons. The van der Waals surface area contributed by atoms with Crippen molar-refractivity contribution in [3.63, 3.8) is 0 Å². The molecule has 8 heavy (non-hydrogen) atoms. The van der Waals surface area contributed by atoms with Crippen LogP contribution in [0.2, 0.25) is 0 Å². The van der Waals surface area contributed by atoms with Gasteiger partial charge in [-0.2, -0.15) is 0 Å². The second-order valence-corrected chi connectivity index (χ2v) is 1.69. The van der Waals surface area contributed by atoms with Gasteiger partial charge < -0.3 is 4.74 Å². The average Bonchev–Trinajstić information content (AvgIpc) is 1.66. The van der Waals surface area contributed by atoms with Crippen LogP contribution in [-0.4, -0.2) is 6.61 Å². The highest BCUT2D eigenvalue weighted by Gasteiger charge is 1.73. The van der Waals surface area contributed by atoms with Crippen molar-refractivity contribution in [1.82, 2.24) is 0 Å². The van der Waals surface area contributed by atoms with Gasteiger partial charge in [0.05, 0.1) is 12.9 Å². The average molecular weight is 133 g/mol. The zero-order valence-electron chi connectivity index (χ0n) is 4.86. The summed E-state index contributed by atoms with van der Waals surface area (Å²) >= 11 is 5.35. The molecule has 0 unspecified atom stereocenters. The van der Waals surface area contributed by atoms with Crippen LogP contribution in [-0.2, 0) is 4.74 Å². The molecule has 0 radical (unpaired) electrons. The third-order valence-corrected chi connectivity index (χ3v) is 0.638. The van der Waals surface area contributed by atoms with E-state index in [1.165, 1.54) is 6.26 Å². The van der Waals surface area contributed by atoms with Gasteiger partial charge >= 0.3 is 0 Å². The normalized spacial score (nSPS) is 9.75. The van der Waals surface area contributed by atoms with E-state index in [2.05, 4.69) is 6.58 Å².